The van der Waals surface area contributed by atoms with Gasteiger partial charge in [0.1, 0.15) is 6.61 Å². The van der Waals surface area contributed by atoms with Gasteiger partial charge in [0.15, 0.2) is 0 Å². The fourth-order valence-corrected chi connectivity index (χ4v) is 3.72. The number of nitrogens with zero attached hydrogens (tertiary/aromatic N) is 2. The van der Waals surface area contributed by atoms with E-state index in [1.165, 1.54) is 6.42 Å². The molecule has 0 saturated heterocycles. The van der Waals surface area contributed by atoms with Crippen LogP contribution >= 0.6 is 0 Å². The van der Waals surface area contributed by atoms with Crippen molar-refractivity contribution < 1.29 is 19.7 Å². The molecule has 0 aromatic heterocycles. The maximum atomic E-state index is 12.2. The van der Waals surface area contributed by atoms with Gasteiger partial charge in [0.2, 0.25) is 0 Å². The number of aliphatic hydroxyl groups is 2. The molecule has 1 aliphatic carbocycles. The Hall–Kier alpha value is -0.850. The molecule has 0 aliphatic heterocycles. The minimum atomic E-state index is -0.284. The molecule has 1 fully saturated rings. The molecule has 0 heterocycles. The van der Waals surface area contributed by atoms with Crippen LogP contribution < -0.4 is 0 Å². The van der Waals surface area contributed by atoms with Gasteiger partial charge in [-0.3, -0.25) is 4.90 Å². The van der Waals surface area contributed by atoms with E-state index in [0.717, 1.165) is 12.8 Å². The van der Waals surface area contributed by atoms with Crippen molar-refractivity contribution in [3.63, 3.8) is 0 Å². The van der Waals surface area contributed by atoms with Gasteiger partial charge in [0.25, 0.3) is 0 Å². The van der Waals surface area contributed by atoms with Crippen LogP contribution in [0.15, 0.2) is 0 Å². The molecule has 0 aromatic rings. The molecule has 23 heavy (non-hydrogen) atoms. The Morgan fingerprint density at radius 1 is 1.17 bits per heavy atom. The van der Waals surface area contributed by atoms with Gasteiger partial charge in [-0.05, 0) is 30.6 Å². The molecule has 1 rings (SSSR count). The molecule has 6 heteroatoms. The predicted octanol–water partition coefficient (Wildman–Crippen LogP) is 1.56. The summed E-state index contributed by atoms with van der Waals surface area (Å²) in [4.78, 5) is 15.9. The first kappa shape index (κ1) is 20.2. The summed E-state index contributed by atoms with van der Waals surface area (Å²) >= 11 is 0. The second-order valence-electron chi connectivity index (χ2n) is 7.58. The molecule has 0 spiro atoms. The third-order valence-corrected chi connectivity index (χ3v) is 4.66. The lowest BCUT2D eigenvalue weighted by Crippen LogP contribution is -2.45. The molecule has 0 aromatic carbocycles. The van der Waals surface area contributed by atoms with Gasteiger partial charge in [-0.15, -0.1) is 0 Å². The fourth-order valence-electron chi connectivity index (χ4n) is 3.72. The van der Waals surface area contributed by atoms with Crippen LogP contribution in [-0.4, -0.2) is 78.7 Å². The Morgan fingerprint density at radius 2 is 1.78 bits per heavy atom. The predicted molar refractivity (Wildman–Crippen MR) is 90.3 cm³/mol. The number of amides is 1. The highest BCUT2D eigenvalue weighted by Crippen LogP contribution is 2.40. The molecule has 1 saturated carbocycles. The highest BCUT2D eigenvalue weighted by Gasteiger charge is 2.35. The van der Waals surface area contributed by atoms with Crippen LogP contribution in [0, 0.1) is 11.3 Å². The van der Waals surface area contributed by atoms with Crippen molar-refractivity contribution in [1.82, 2.24) is 9.80 Å². The Labute approximate surface area is 140 Å². The standard InChI is InChI=1S/C17H34N2O4/c1-14-11-15(13-17(2,3)12-14)18(4)16(22)23-10-7-19(5-8-20)6-9-21/h14-15,20-21H,5-13H2,1-4H3. The summed E-state index contributed by atoms with van der Waals surface area (Å²) in [5, 5.41) is 17.9. The maximum Gasteiger partial charge on any atom is 0.409 e. The molecule has 1 aliphatic rings. The first-order valence-corrected chi connectivity index (χ1v) is 8.62. The smallest absolute Gasteiger partial charge is 0.409 e. The highest BCUT2D eigenvalue weighted by atomic mass is 16.6. The van der Waals surface area contributed by atoms with E-state index >= 15 is 0 Å². The monoisotopic (exact) mass is 330 g/mol. The normalized spacial score (nSPS) is 23.8. The molecule has 1 amide bonds. The van der Waals surface area contributed by atoms with E-state index in [2.05, 4.69) is 20.8 Å². The van der Waals surface area contributed by atoms with Crippen molar-refractivity contribution in [2.45, 2.75) is 46.1 Å². The molecule has 136 valence electrons. The first-order valence-electron chi connectivity index (χ1n) is 8.62. The van der Waals surface area contributed by atoms with Crippen LogP contribution in [0.25, 0.3) is 0 Å². The summed E-state index contributed by atoms with van der Waals surface area (Å²) in [6.45, 7) is 8.57. The lowest BCUT2D eigenvalue weighted by molar-refractivity contribution is 0.0498. The van der Waals surface area contributed by atoms with E-state index in [0.29, 0.717) is 25.6 Å². The van der Waals surface area contributed by atoms with E-state index in [1.54, 1.807) is 4.90 Å². The van der Waals surface area contributed by atoms with E-state index in [9.17, 15) is 4.79 Å². The van der Waals surface area contributed by atoms with Crippen molar-refractivity contribution in [3.8, 4) is 0 Å². The van der Waals surface area contributed by atoms with Crippen molar-refractivity contribution in [1.29, 1.82) is 0 Å². The minimum absolute atomic E-state index is 0.0306. The number of ether oxygens (including phenoxy) is 1. The third kappa shape index (κ3) is 7.06. The Kier molecular flexibility index (Phi) is 8.29. The minimum Gasteiger partial charge on any atom is -0.448 e. The van der Waals surface area contributed by atoms with Crippen LogP contribution in [0.5, 0.6) is 0 Å². The van der Waals surface area contributed by atoms with Crippen LogP contribution in [-0.2, 0) is 4.74 Å². The lowest BCUT2D eigenvalue weighted by atomic mass is 9.70. The third-order valence-electron chi connectivity index (χ3n) is 4.66. The molecule has 2 N–H and O–H groups in total. The number of hydrogen-bond acceptors (Lipinski definition) is 5. The van der Waals surface area contributed by atoms with Gasteiger partial charge in [-0.2, -0.15) is 0 Å². The number of hydrogen-bond donors (Lipinski definition) is 2. The SMILES string of the molecule is CC1CC(N(C)C(=O)OCCN(CCO)CCO)CC(C)(C)C1. The average Bonchev–Trinajstić information content (AvgIpc) is 2.44. The number of carbonyl (C=O) groups is 1. The van der Waals surface area contributed by atoms with E-state index in [4.69, 9.17) is 14.9 Å². The van der Waals surface area contributed by atoms with Crippen LogP contribution in [0.3, 0.4) is 0 Å². The van der Waals surface area contributed by atoms with Gasteiger partial charge >= 0.3 is 6.09 Å². The molecular formula is C17H34N2O4. The summed E-state index contributed by atoms with van der Waals surface area (Å²) in [5.74, 6) is 0.614. The molecular weight excluding hydrogens is 296 g/mol. The zero-order chi connectivity index (χ0) is 17.5. The fraction of sp³-hybridized carbons (Fsp3) is 0.941. The second-order valence-corrected chi connectivity index (χ2v) is 7.58. The van der Waals surface area contributed by atoms with E-state index in [1.807, 2.05) is 11.9 Å². The van der Waals surface area contributed by atoms with Crippen molar-refractivity contribution in [3.05, 3.63) is 0 Å². The van der Waals surface area contributed by atoms with Gasteiger partial charge in [0, 0.05) is 32.7 Å². The van der Waals surface area contributed by atoms with Crippen molar-refractivity contribution in [2.24, 2.45) is 11.3 Å². The summed E-state index contributed by atoms with van der Waals surface area (Å²) < 4.78 is 5.37. The van der Waals surface area contributed by atoms with Crippen LogP contribution in [0.4, 0.5) is 4.79 Å². The van der Waals surface area contributed by atoms with E-state index < -0.39 is 0 Å². The summed E-state index contributed by atoms with van der Waals surface area (Å²) in [7, 11) is 1.82. The largest absolute Gasteiger partial charge is 0.448 e. The highest BCUT2D eigenvalue weighted by molar-refractivity contribution is 5.67. The number of aliphatic hydroxyl groups excluding tert-OH is 2. The average molecular weight is 330 g/mol. The molecule has 0 bridgehead atoms. The Morgan fingerprint density at radius 3 is 2.30 bits per heavy atom. The zero-order valence-corrected chi connectivity index (χ0v) is 15.1. The lowest BCUT2D eigenvalue weighted by Gasteiger charge is -2.42. The Balaban J connectivity index is 2.41. The van der Waals surface area contributed by atoms with Crippen LogP contribution in [0.2, 0.25) is 0 Å². The Bertz CT molecular complexity index is 357. The van der Waals surface area contributed by atoms with Gasteiger partial charge in [0.05, 0.1) is 13.2 Å². The van der Waals surface area contributed by atoms with Crippen molar-refractivity contribution >= 4 is 6.09 Å². The van der Waals surface area contributed by atoms with Gasteiger partial charge < -0.3 is 19.8 Å². The second kappa shape index (κ2) is 9.45. The van der Waals surface area contributed by atoms with Gasteiger partial charge in [-0.1, -0.05) is 20.8 Å². The number of rotatable bonds is 8. The molecule has 6 nitrogen and oxygen atoms in total. The summed E-state index contributed by atoms with van der Waals surface area (Å²) in [5.41, 5.74) is 0.260. The molecule has 2 unspecified atom stereocenters. The summed E-state index contributed by atoms with van der Waals surface area (Å²) in [6.07, 6.45) is 2.94. The maximum absolute atomic E-state index is 12.2. The topological polar surface area (TPSA) is 73.2 Å². The first-order chi connectivity index (χ1) is 10.8. The van der Waals surface area contributed by atoms with E-state index in [-0.39, 0.29) is 37.4 Å². The number of carbonyl (C=O) groups excluding carboxylic acids is 1. The summed E-state index contributed by atoms with van der Waals surface area (Å²) in [6, 6.07) is 0.229. The van der Waals surface area contributed by atoms with Crippen molar-refractivity contribution in [2.75, 3.05) is 46.5 Å². The molecule has 2 atom stereocenters. The zero-order valence-electron chi connectivity index (χ0n) is 15.1. The van der Waals surface area contributed by atoms with Gasteiger partial charge in [-0.25, -0.2) is 4.79 Å². The molecule has 0 radical (unpaired) electrons. The quantitative estimate of drug-likeness (QED) is 0.706. The van der Waals surface area contributed by atoms with Crippen LogP contribution in [0.1, 0.15) is 40.0 Å².